The van der Waals surface area contributed by atoms with E-state index in [4.69, 9.17) is 19.9 Å². The molecule has 9 nitrogen and oxygen atoms in total. The molecule has 33 heavy (non-hydrogen) atoms. The molecule has 1 amide bonds. The van der Waals surface area contributed by atoms with Gasteiger partial charge in [-0.05, 0) is 19.4 Å². The lowest BCUT2D eigenvalue weighted by Gasteiger charge is -2.36. The van der Waals surface area contributed by atoms with Crippen molar-refractivity contribution in [1.82, 2.24) is 4.57 Å². The van der Waals surface area contributed by atoms with E-state index >= 15 is 0 Å². The Bertz CT molecular complexity index is 1230. The third-order valence-corrected chi connectivity index (χ3v) is 6.21. The quantitative estimate of drug-likeness (QED) is 0.661. The maximum absolute atomic E-state index is 14.2. The molecular weight excluding hydrogens is 426 g/mol. The summed E-state index contributed by atoms with van der Waals surface area (Å²) in [5, 5.41) is 0. The van der Waals surface area contributed by atoms with Crippen molar-refractivity contribution in [2.24, 2.45) is 5.73 Å². The average molecular weight is 453 g/mol. The fourth-order valence-electron chi connectivity index (χ4n) is 4.84. The number of amides is 1. The van der Waals surface area contributed by atoms with E-state index in [1.165, 1.54) is 11.7 Å². The summed E-state index contributed by atoms with van der Waals surface area (Å²) in [6, 6.07) is 8.78. The summed E-state index contributed by atoms with van der Waals surface area (Å²) >= 11 is 0. The number of aromatic nitrogens is 1. The van der Waals surface area contributed by atoms with Crippen LogP contribution >= 0.6 is 0 Å². The Labute approximate surface area is 191 Å². The predicted octanol–water partition coefficient (Wildman–Crippen LogP) is 1.58. The van der Waals surface area contributed by atoms with Gasteiger partial charge in [-0.2, -0.15) is 0 Å². The number of aryl methyl sites for hydroxylation is 1. The first-order valence-corrected chi connectivity index (χ1v) is 10.8. The highest BCUT2D eigenvalue weighted by Crippen LogP contribution is 2.54. The number of nitrogens with zero attached hydrogens (tertiary/aromatic N) is 2. The second-order valence-electron chi connectivity index (χ2n) is 8.03. The highest BCUT2D eigenvalue weighted by Gasteiger charge is 2.62. The van der Waals surface area contributed by atoms with Crippen molar-refractivity contribution in [3.8, 4) is 5.75 Å². The Morgan fingerprint density at radius 1 is 1.18 bits per heavy atom. The van der Waals surface area contributed by atoms with Gasteiger partial charge in [0.1, 0.15) is 16.7 Å². The van der Waals surface area contributed by atoms with Crippen LogP contribution in [-0.4, -0.2) is 43.8 Å². The van der Waals surface area contributed by atoms with Crippen LogP contribution in [0.3, 0.4) is 0 Å². The van der Waals surface area contributed by atoms with Gasteiger partial charge in [0.05, 0.1) is 19.3 Å². The van der Waals surface area contributed by atoms with Crippen LogP contribution in [0, 0.1) is 6.92 Å². The Kier molecular flexibility index (Phi) is 5.75. The lowest BCUT2D eigenvalue weighted by atomic mass is 9.68. The molecular formula is C24H27N3O6. The number of rotatable bonds is 6. The summed E-state index contributed by atoms with van der Waals surface area (Å²) < 4.78 is 17.5. The molecule has 1 aromatic carbocycles. The van der Waals surface area contributed by atoms with E-state index in [1.54, 1.807) is 43.2 Å². The molecule has 0 saturated carbocycles. The summed E-state index contributed by atoms with van der Waals surface area (Å²) in [6.07, 6.45) is 0.679. The minimum absolute atomic E-state index is 0.0508. The van der Waals surface area contributed by atoms with E-state index in [-0.39, 0.29) is 29.3 Å². The highest BCUT2D eigenvalue weighted by molar-refractivity contribution is 6.18. The van der Waals surface area contributed by atoms with Crippen molar-refractivity contribution < 1.29 is 23.8 Å². The molecule has 0 aliphatic carbocycles. The van der Waals surface area contributed by atoms with Crippen LogP contribution < -0.4 is 20.9 Å². The first-order chi connectivity index (χ1) is 15.8. The summed E-state index contributed by atoms with van der Waals surface area (Å²) in [5.41, 5.74) is 5.61. The van der Waals surface area contributed by atoms with E-state index in [1.807, 2.05) is 13.0 Å². The van der Waals surface area contributed by atoms with Crippen LogP contribution in [0.2, 0.25) is 0 Å². The van der Waals surface area contributed by atoms with Crippen molar-refractivity contribution in [2.75, 3.05) is 32.3 Å². The Hall–Kier alpha value is -3.59. The Balaban J connectivity index is 2.16. The van der Waals surface area contributed by atoms with E-state index in [9.17, 15) is 14.4 Å². The minimum atomic E-state index is -1.78. The molecule has 1 unspecified atom stereocenters. The SMILES string of the molecule is CCCN1C(=O)C2(C(C(=O)OC)=C(N)Oc3cc(C)n(CCOC)c(=O)c32)c2ccccc21. The van der Waals surface area contributed by atoms with Gasteiger partial charge < -0.3 is 29.4 Å². The summed E-state index contributed by atoms with van der Waals surface area (Å²) in [5.74, 6) is -1.37. The molecule has 1 aromatic heterocycles. The summed E-state index contributed by atoms with van der Waals surface area (Å²) in [6.45, 7) is 4.68. The molecule has 2 aliphatic rings. The average Bonchev–Trinajstić information content (AvgIpc) is 3.02. The van der Waals surface area contributed by atoms with Crippen molar-refractivity contribution in [2.45, 2.75) is 32.2 Å². The van der Waals surface area contributed by atoms with Crippen molar-refractivity contribution in [3.05, 3.63) is 69.0 Å². The molecule has 0 bridgehead atoms. The lowest BCUT2D eigenvalue weighted by Crippen LogP contribution is -2.52. The molecule has 2 aliphatic heterocycles. The number of nitrogens with two attached hydrogens (primary N) is 1. The number of fused-ring (bicyclic) bond motifs is 4. The molecule has 0 fully saturated rings. The molecule has 2 N–H and O–H groups in total. The maximum Gasteiger partial charge on any atom is 0.340 e. The maximum atomic E-state index is 14.2. The van der Waals surface area contributed by atoms with Crippen molar-refractivity contribution in [3.63, 3.8) is 0 Å². The van der Waals surface area contributed by atoms with Gasteiger partial charge in [-0.1, -0.05) is 25.1 Å². The number of para-hydroxylation sites is 1. The molecule has 174 valence electrons. The van der Waals surface area contributed by atoms with Gasteiger partial charge in [0, 0.05) is 43.2 Å². The number of pyridine rings is 1. The molecule has 2 aromatic rings. The van der Waals surface area contributed by atoms with Crippen LogP contribution in [0.25, 0.3) is 0 Å². The lowest BCUT2D eigenvalue weighted by molar-refractivity contribution is -0.138. The first kappa shape index (κ1) is 22.6. The molecule has 1 atom stereocenters. The number of methoxy groups -OCH3 is 2. The monoisotopic (exact) mass is 453 g/mol. The van der Waals surface area contributed by atoms with Crippen LogP contribution in [0.1, 0.15) is 30.2 Å². The molecule has 9 heteroatoms. The zero-order valence-electron chi connectivity index (χ0n) is 19.1. The van der Waals surface area contributed by atoms with Crippen LogP contribution in [0.5, 0.6) is 5.75 Å². The topological polar surface area (TPSA) is 113 Å². The third kappa shape index (κ3) is 3.06. The number of benzene rings is 1. The molecule has 0 saturated heterocycles. The second kappa shape index (κ2) is 8.40. The number of carbonyl (C=O) groups excluding carboxylic acids is 2. The molecule has 4 rings (SSSR count). The van der Waals surface area contributed by atoms with Gasteiger partial charge in [0.15, 0.2) is 0 Å². The number of carbonyl (C=O) groups is 2. The van der Waals surface area contributed by atoms with Gasteiger partial charge in [-0.3, -0.25) is 9.59 Å². The fourth-order valence-corrected chi connectivity index (χ4v) is 4.84. The fraction of sp³-hybridized carbons (Fsp3) is 0.375. The number of esters is 1. The zero-order valence-corrected chi connectivity index (χ0v) is 19.1. The minimum Gasteiger partial charge on any atom is -0.465 e. The number of hydrogen-bond acceptors (Lipinski definition) is 7. The Morgan fingerprint density at radius 3 is 2.58 bits per heavy atom. The first-order valence-electron chi connectivity index (χ1n) is 10.8. The van der Waals surface area contributed by atoms with Crippen LogP contribution in [-0.2, 0) is 31.0 Å². The van der Waals surface area contributed by atoms with E-state index in [2.05, 4.69) is 0 Å². The molecule has 0 radical (unpaired) electrons. The molecule has 3 heterocycles. The smallest absolute Gasteiger partial charge is 0.340 e. The Morgan fingerprint density at radius 2 is 1.91 bits per heavy atom. The summed E-state index contributed by atoms with van der Waals surface area (Å²) in [4.78, 5) is 42.8. The van der Waals surface area contributed by atoms with Crippen molar-refractivity contribution in [1.29, 1.82) is 0 Å². The van der Waals surface area contributed by atoms with Gasteiger partial charge in [-0.15, -0.1) is 0 Å². The largest absolute Gasteiger partial charge is 0.465 e. The van der Waals surface area contributed by atoms with Crippen LogP contribution in [0.4, 0.5) is 5.69 Å². The van der Waals surface area contributed by atoms with E-state index in [0.29, 0.717) is 36.5 Å². The third-order valence-electron chi connectivity index (χ3n) is 6.21. The zero-order chi connectivity index (χ0) is 23.9. The van der Waals surface area contributed by atoms with Gasteiger partial charge >= 0.3 is 5.97 Å². The normalized spacial score (nSPS) is 18.9. The van der Waals surface area contributed by atoms with Gasteiger partial charge in [0.2, 0.25) is 11.8 Å². The standard InChI is InChI=1S/C24H27N3O6/c1-5-10-27-16-9-7-6-8-15(16)24(23(27)30)18-17(33-20(25)19(24)22(29)32-4)13-14(2)26(21(18)28)11-12-31-3/h6-9,13H,5,10-12,25H2,1-4H3. The molecule has 1 spiro atoms. The van der Waals surface area contributed by atoms with Gasteiger partial charge in [-0.25, -0.2) is 4.79 Å². The predicted molar refractivity (Wildman–Crippen MR) is 121 cm³/mol. The second-order valence-corrected chi connectivity index (χ2v) is 8.03. The van der Waals surface area contributed by atoms with Crippen molar-refractivity contribution >= 4 is 17.6 Å². The highest BCUT2D eigenvalue weighted by atomic mass is 16.5. The van der Waals surface area contributed by atoms with E-state index in [0.717, 1.165) is 0 Å². The van der Waals surface area contributed by atoms with E-state index < -0.39 is 22.9 Å². The summed E-state index contributed by atoms with van der Waals surface area (Å²) in [7, 11) is 2.74. The van der Waals surface area contributed by atoms with Gasteiger partial charge in [0.25, 0.3) is 5.56 Å². The number of hydrogen-bond donors (Lipinski definition) is 1. The number of ether oxygens (including phenoxy) is 3. The van der Waals surface area contributed by atoms with Crippen LogP contribution in [0.15, 0.2) is 46.6 Å². The number of anilines is 1.